The number of aliphatic hydroxyl groups is 1. The summed E-state index contributed by atoms with van der Waals surface area (Å²) in [5.41, 5.74) is 0. The van der Waals surface area contributed by atoms with Gasteiger partial charge in [0.05, 0.1) is 0 Å². The Labute approximate surface area is 54.1 Å². The number of hydrogen-bond acceptors (Lipinski definition) is 3. The van der Waals surface area contributed by atoms with E-state index in [1.807, 2.05) is 0 Å². The van der Waals surface area contributed by atoms with E-state index in [2.05, 4.69) is 9.78 Å². The second kappa shape index (κ2) is 7.04. The molecule has 0 amide bonds. The van der Waals surface area contributed by atoms with Gasteiger partial charge in [-0.15, -0.1) is 0 Å². The van der Waals surface area contributed by atoms with Crippen molar-refractivity contribution in [3.63, 3.8) is 0 Å². The first-order valence-electron chi connectivity index (χ1n) is 2.66. The first-order chi connectivity index (χ1) is 4.41. The summed E-state index contributed by atoms with van der Waals surface area (Å²) >= 11 is 0. The molecule has 0 bridgehead atoms. The zero-order valence-electron chi connectivity index (χ0n) is 5.28. The monoisotopic (exact) mass is 130 g/mol. The summed E-state index contributed by atoms with van der Waals surface area (Å²) in [7, 11) is 0. The average Bonchev–Trinajstić information content (AvgIpc) is 1.93. The maximum absolute atomic E-state index is 7.57. The molecule has 0 unspecified atom stereocenters. The summed E-state index contributed by atoms with van der Waals surface area (Å²) in [5, 5.41) is 7.57. The van der Waals surface area contributed by atoms with Gasteiger partial charge in [0, 0.05) is 6.61 Å². The minimum atomic E-state index is 0.250. The Bertz CT molecular complexity index is 84.5. The molecule has 0 saturated heterocycles. The van der Waals surface area contributed by atoms with Gasteiger partial charge in [0.15, 0.2) is 0 Å². The number of rotatable bonds is 0. The highest BCUT2D eigenvalue weighted by atomic mass is 17.2. The molecule has 1 heterocycles. The molecule has 0 aromatic carbocycles. The lowest BCUT2D eigenvalue weighted by Gasteiger charge is -1.94. The van der Waals surface area contributed by atoms with E-state index in [0.717, 1.165) is 0 Å². The molecule has 1 aliphatic heterocycles. The normalized spacial score (nSPS) is 12.7. The summed E-state index contributed by atoms with van der Waals surface area (Å²) in [6, 6.07) is 0. The van der Waals surface area contributed by atoms with Crippen molar-refractivity contribution in [2.75, 3.05) is 6.61 Å². The minimum absolute atomic E-state index is 0.250. The van der Waals surface area contributed by atoms with Crippen molar-refractivity contribution in [2.24, 2.45) is 0 Å². The van der Waals surface area contributed by atoms with Crippen molar-refractivity contribution in [3.05, 3.63) is 24.7 Å². The fraction of sp³-hybridized carbons (Fsp3) is 0.333. The van der Waals surface area contributed by atoms with Crippen LogP contribution in [0.3, 0.4) is 0 Å². The van der Waals surface area contributed by atoms with Crippen LogP contribution < -0.4 is 0 Å². The molecule has 0 saturated carbocycles. The second-order valence-corrected chi connectivity index (χ2v) is 1.17. The fourth-order valence-corrected chi connectivity index (χ4v) is 0.219. The highest BCUT2D eigenvalue weighted by Crippen LogP contribution is 1.89. The standard InChI is InChI=1S/C4H4O2.C2H6O/c1-2-4-6-5-3-1;1-2-3/h1-4H;3H,2H2,1H3. The maximum atomic E-state index is 7.57. The molecule has 0 spiro atoms. The number of hydrogen-bond donors (Lipinski definition) is 1. The summed E-state index contributed by atoms with van der Waals surface area (Å²) in [4.78, 5) is 8.60. The quantitative estimate of drug-likeness (QED) is 0.496. The van der Waals surface area contributed by atoms with E-state index >= 15 is 0 Å². The molecule has 3 nitrogen and oxygen atoms in total. The van der Waals surface area contributed by atoms with Crippen molar-refractivity contribution in [1.82, 2.24) is 0 Å². The third-order valence-corrected chi connectivity index (χ3v) is 0.435. The van der Waals surface area contributed by atoms with Gasteiger partial charge in [-0.1, -0.05) is 0 Å². The molecule has 3 heteroatoms. The van der Waals surface area contributed by atoms with Gasteiger partial charge in [0.1, 0.15) is 12.5 Å². The lowest BCUT2D eigenvalue weighted by atomic mass is 10.6. The highest BCUT2D eigenvalue weighted by Gasteiger charge is 1.75. The molecule has 1 rings (SSSR count). The van der Waals surface area contributed by atoms with Gasteiger partial charge in [0.2, 0.25) is 0 Å². The van der Waals surface area contributed by atoms with Crippen molar-refractivity contribution < 1.29 is 14.9 Å². The lowest BCUT2D eigenvalue weighted by Crippen LogP contribution is -1.78. The Hall–Kier alpha value is -0.960. The van der Waals surface area contributed by atoms with Crippen molar-refractivity contribution in [2.45, 2.75) is 6.92 Å². The summed E-state index contributed by atoms with van der Waals surface area (Å²) in [6.45, 7) is 1.93. The van der Waals surface area contributed by atoms with E-state index < -0.39 is 0 Å². The minimum Gasteiger partial charge on any atom is -0.397 e. The van der Waals surface area contributed by atoms with Gasteiger partial charge < -0.3 is 5.11 Å². The molecule has 0 radical (unpaired) electrons. The molecule has 0 aromatic heterocycles. The summed E-state index contributed by atoms with van der Waals surface area (Å²) in [5.74, 6) is 0. The summed E-state index contributed by atoms with van der Waals surface area (Å²) in [6.07, 6.45) is 6.40. The van der Waals surface area contributed by atoms with Gasteiger partial charge >= 0.3 is 0 Å². The molecule has 0 atom stereocenters. The van der Waals surface area contributed by atoms with Crippen LogP contribution in [0.2, 0.25) is 0 Å². The molecule has 9 heavy (non-hydrogen) atoms. The third kappa shape index (κ3) is 7.04. The SMILES string of the molecule is C1=COOC=C1.CCO. The van der Waals surface area contributed by atoms with Gasteiger partial charge in [-0.3, -0.25) is 9.78 Å². The van der Waals surface area contributed by atoms with Crippen LogP contribution in [-0.4, -0.2) is 11.7 Å². The third-order valence-electron chi connectivity index (χ3n) is 0.435. The molecule has 1 N–H and O–H groups in total. The zero-order valence-corrected chi connectivity index (χ0v) is 5.28. The van der Waals surface area contributed by atoms with Crippen LogP contribution in [0, 0.1) is 0 Å². The van der Waals surface area contributed by atoms with Crippen LogP contribution in [0.25, 0.3) is 0 Å². The van der Waals surface area contributed by atoms with Gasteiger partial charge in [0.25, 0.3) is 0 Å². The zero-order chi connectivity index (χ0) is 6.95. The predicted molar refractivity (Wildman–Crippen MR) is 33.2 cm³/mol. The molecule has 52 valence electrons. The van der Waals surface area contributed by atoms with E-state index in [4.69, 9.17) is 5.11 Å². The molecular formula is C6H10O3. The van der Waals surface area contributed by atoms with Crippen LogP contribution in [-0.2, 0) is 9.78 Å². The van der Waals surface area contributed by atoms with Crippen LogP contribution in [0.1, 0.15) is 6.92 Å². The van der Waals surface area contributed by atoms with E-state index in [1.165, 1.54) is 12.5 Å². The predicted octanol–water partition coefficient (Wildman–Crippen LogP) is 0.974. The topological polar surface area (TPSA) is 38.7 Å². The Morgan fingerprint density at radius 3 is 1.67 bits per heavy atom. The largest absolute Gasteiger partial charge is 0.397 e. The van der Waals surface area contributed by atoms with Gasteiger partial charge in [-0.25, -0.2) is 0 Å². The van der Waals surface area contributed by atoms with Gasteiger partial charge in [-0.05, 0) is 19.1 Å². The smallest absolute Gasteiger partial charge is 0.142 e. The Balaban J connectivity index is 0.000000187. The molecule has 0 fully saturated rings. The average molecular weight is 130 g/mol. The van der Waals surface area contributed by atoms with E-state index in [1.54, 1.807) is 19.1 Å². The second-order valence-electron chi connectivity index (χ2n) is 1.17. The molecule has 0 aromatic rings. The van der Waals surface area contributed by atoms with E-state index in [9.17, 15) is 0 Å². The van der Waals surface area contributed by atoms with Crippen molar-refractivity contribution in [1.29, 1.82) is 0 Å². The highest BCUT2D eigenvalue weighted by molar-refractivity contribution is 4.97. The first kappa shape index (κ1) is 8.04. The van der Waals surface area contributed by atoms with E-state index in [-0.39, 0.29) is 6.61 Å². The van der Waals surface area contributed by atoms with Crippen molar-refractivity contribution >= 4 is 0 Å². The number of allylic oxidation sites excluding steroid dienone is 2. The van der Waals surface area contributed by atoms with E-state index in [0.29, 0.717) is 0 Å². The first-order valence-corrected chi connectivity index (χ1v) is 2.66. The summed E-state index contributed by atoms with van der Waals surface area (Å²) < 4.78 is 0. The Morgan fingerprint density at radius 1 is 1.22 bits per heavy atom. The van der Waals surface area contributed by atoms with Crippen LogP contribution in [0.5, 0.6) is 0 Å². The molecule has 0 aliphatic carbocycles. The maximum Gasteiger partial charge on any atom is 0.142 e. The van der Waals surface area contributed by atoms with Gasteiger partial charge in [-0.2, -0.15) is 0 Å². The van der Waals surface area contributed by atoms with Crippen LogP contribution in [0.4, 0.5) is 0 Å². The van der Waals surface area contributed by atoms with Crippen LogP contribution in [0.15, 0.2) is 24.7 Å². The van der Waals surface area contributed by atoms with Crippen LogP contribution >= 0.6 is 0 Å². The molecular weight excluding hydrogens is 120 g/mol. The Morgan fingerprint density at radius 2 is 1.56 bits per heavy atom. The lowest BCUT2D eigenvalue weighted by molar-refractivity contribution is -0.198. The Kier molecular flexibility index (Phi) is 6.29. The molecule has 1 aliphatic rings. The fourth-order valence-electron chi connectivity index (χ4n) is 0.219. The van der Waals surface area contributed by atoms with Crippen molar-refractivity contribution in [3.8, 4) is 0 Å². The number of aliphatic hydroxyl groups excluding tert-OH is 1.